The van der Waals surface area contributed by atoms with Gasteiger partial charge < -0.3 is 34.7 Å². The fraction of sp³-hybridized carbons (Fsp3) is 0.405. The maximum absolute atomic E-state index is 14.3. The summed E-state index contributed by atoms with van der Waals surface area (Å²) >= 11 is 0. The van der Waals surface area contributed by atoms with Crippen molar-refractivity contribution in [1.82, 2.24) is 9.62 Å². The summed E-state index contributed by atoms with van der Waals surface area (Å²) in [4.78, 5) is 26.1. The molecule has 0 saturated carbocycles. The van der Waals surface area contributed by atoms with Crippen molar-refractivity contribution in [3.8, 4) is 5.75 Å². The minimum Gasteiger partial charge on any atom is -0.497 e. The molecule has 3 aliphatic rings. The molecular weight excluding hydrogens is 662 g/mol. The van der Waals surface area contributed by atoms with Gasteiger partial charge >= 0.3 is 6.09 Å². The van der Waals surface area contributed by atoms with Crippen molar-refractivity contribution in [2.75, 3.05) is 38.7 Å². The molecule has 2 saturated heterocycles. The summed E-state index contributed by atoms with van der Waals surface area (Å²) < 4.78 is 51.9. The fourth-order valence-electron chi connectivity index (χ4n) is 6.52. The topological polar surface area (TPSA) is 153 Å². The number of hydrogen-bond donors (Lipinski definition) is 3. The van der Waals surface area contributed by atoms with E-state index >= 15 is 0 Å². The van der Waals surface area contributed by atoms with Gasteiger partial charge in [0.2, 0.25) is 10.0 Å². The number of aliphatic hydroxyl groups excluding tert-OH is 1. The zero-order valence-electron chi connectivity index (χ0n) is 28.3. The van der Waals surface area contributed by atoms with Gasteiger partial charge in [-0.2, -0.15) is 4.31 Å². The number of anilines is 1. The number of carbonyl (C=O) groups excluding carboxylic acids is 2. The van der Waals surface area contributed by atoms with Gasteiger partial charge in [0.15, 0.2) is 6.29 Å². The van der Waals surface area contributed by atoms with Gasteiger partial charge in [0.25, 0.3) is 5.91 Å². The maximum atomic E-state index is 14.3. The van der Waals surface area contributed by atoms with Crippen LogP contribution in [0.5, 0.6) is 5.75 Å². The highest BCUT2D eigenvalue weighted by Crippen LogP contribution is 2.36. The second-order valence-electron chi connectivity index (χ2n) is 13.2. The predicted octanol–water partition coefficient (Wildman–Crippen LogP) is 4.29. The molecule has 266 valence electrons. The van der Waals surface area contributed by atoms with Crippen LogP contribution < -0.4 is 15.4 Å². The Bertz CT molecular complexity index is 1820. The zero-order chi connectivity index (χ0) is 35.4. The van der Waals surface area contributed by atoms with Gasteiger partial charge in [-0.25, -0.2) is 13.2 Å². The fourth-order valence-corrected chi connectivity index (χ4v) is 8.17. The summed E-state index contributed by atoms with van der Waals surface area (Å²) in [5.41, 5.74) is 2.86. The third kappa shape index (κ3) is 8.03. The predicted molar refractivity (Wildman–Crippen MR) is 187 cm³/mol. The first-order chi connectivity index (χ1) is 24.0. The van der Waals surface area contributed by atoms with Crippen LogP contribution in [-0.2, 0) is 35.4 Å². The number of methoxy groups -OCH3 is 1. The number of amides is 2. The van der Waals surface area contributed by atoms with Crippen LogP contribution in [0, 0.1) is 11.8 Å². The van der Waals surface area contributed by atoms with Gasteiger partial charge in [-0.05, 0) is 66.3 Å². The van der Waals surface area contributed by atoms with Crippen LogP contribution in [0.15, 0.2) is 77.7 Å². The highest BCUT2D eigenvalue weighted by Gasteiger charge is 2.44. The number of hydrogen-bond acceptors (Lipinski definition) is 9. The minimum atomic E-state index is -4.18. The van der Waals surface area contributed by atoms with Crippen molar-refractivity contribution in [1.29, 1.82) is 0 Å². The summed E-state index contributed by atoms with van der Waals surface area (Å²) in [6.07, 6.45) is -0.265. The molecule has 13 heteroatoms. The lowest BCUT2D eigenvalue weighted by atomic mass is 10.0. The number of sulfonamides is 1. The molecule has 0 bridgehead atoms. The van der Waals surface area contributed by atoms with Crippen LogP contribution in [0.3, 0.4) is 0 Å². The van der Waals surface area contributed by atoms with Gasteiger partial charge in [-0.15, -0.1) is 0 Å². The quantitative estimate of drug-likeness (QED) is 0.221. The molecule has 0 aromatic heterocycles. The number of fused-ring (bicyclic) bond motifs is 2. The van der Waals surface area contributed by atoms with E-state index in [1.807, 2.05) is 44.2 Å². The van der Waals surface area contributed by atoms with Crippen molar-refractivity contribution < 1.29 is 42.1 Å². The molecule has 3 N–H and O–H groups in total. The van der Waals surface area contributed by atoms with Gasteiger partial charge in [0, 0.05) is 29.9 Å². The number of ether oxygens (including phenoxy) is 4. The third-order valence-electron chi connectivity index (χ3n) is 9.11. The molecule has 12 nitrogen and oxygen atoms in total. The van der Waals surface area contributed by atoms with E-state index in [-0.39, 0.29) is 48.8 Å². The first kappa shape index (κ1) is 35.6. The molecule has 50 heavy (non-hydrogen) atoms. The molecule has 6 rings (SSSR count). The van der Waals surface area contributed by atoms with Crippen LogP contribution in [-0.4, -0.2) is 87.8 Å². The van der Waals surface area contributed by atoms with Gasteiger partial charge in [0.1, 0.15) is 11.9 Å². The molecule has 0 unspecified atom stereocenters. The Kier molecular flexibility index (Phi) is 10.9. The molecule has 3 aliphatic heterocycles. The summed E-state index contributed by atoms with van der Waals surface area (Å²) in [6.45, 7) is 4.32. The molecule has 2 fully saturated rings. The minimum absolute atomic E-state index is 0.0252. The Morgan fingerprint density at radius 3 is 2.56 bits per heavy atom. The van der Waals surface area contributed by atoms with Crippen molar-refractivity contribution in [3.63, 3.8) is 0 Å². The smallest absolute Gasteiger partial charge is 0.407 e. The molecule has 0 aliphatic carbocycles. The van der Waals surface area contributed by atoms with Gasteiger partial charge in [0.05, 0.1) is 43.3 Å². The number of nitrogens with zero attached hydrogens (tertiary/aromatic N) is 1. The number of alkyl carbamates (subject to hydrolysis) is 1. The second kappa shape index (κ2) is 15.3. The van der Waals surface area contributed by atoms with Crippen LogP contribution in [0.25, 0.3) is 11.6 Å². The number of rotatable bonds is 13. The van der Waals surface area contributed by atoms with Crippen molar-refractivity contribution in [2.24, 2.45) is 11.8 Å². The highest BCUT2D eigenvalue weighted by atomic mass is 32.2. The van der Waals surface area contributed by atoms with Gasteiger partial charge in [-0.3, -0.25) is 4.79 Å². The lowest BCUT2D eigenvalue weighted by Crippen LogP contribution is -2.51. The van der Waals surface area contributed by atoms with E-state index < -0.39 is 40.7 Å². The second-order valence-corrected chi connectivity index (χ2v) is 15.1. The van der Waals surface area contributed by atoms with E-state index in [1.54, 1.807) is 43.5 Å². The third-order valence-corrected chi connectivity index (χ3v) is 10.9. The van der Waals surface area contributed by atoms with Crippen LogP contribution in [0.2, 0.25) is 0 Å². The van der Waals surface area contributed by atoms with Crippen molar-refractivity contribution in [3.05, 3.63) is 89.5 Å². The lowest BCUT2D eigenvalue weighted by molar-refractivity contribution is -0.110. The molecule has 3 aromatic rings. The van der Waals surface area contributed by atoms with E-state index in [2.05, 4.69) is 10.6 Å². The van der Waals surface area contributed by atoms with Gasteiger partial charge in [-0.1, -0.05) is 56.3 Å². The van der Waals surface area contributed by atoms with E-state index in [1.165, 1.54) is 16.4 Å². The number of benzene rings is 3. The van der Waals surface area contributed by atoms with E-state index in [0.717, 1.165) is 11.1 Å². The first-order valence-corrected chi connectivity index (χ1v) is 18.2. The standard InChI is InChI=1S/C37H43N3O9S/c1-23(2)20-40(50(44,45)27-13-14-31-29(19-27)30(35(42)38-31)17-25-9-11-26(46-3)12-10-25)21-33(41)32(18-24-7-5-4-6-8-24)39-37(43)49-34-22-48-36-28(34)15-16-47-36/h4-14,17,19,23,28,32-34,36,41H,15-16,18,20-22H2,1-3H3,(H,38,42)(H,39,43)/b30-17-/t28-,32-,33+,34-,36+/m0/s1. The Morgan fingerprint density at radius 1 is 1.08 bits per heavy atom. The lowest BCUT2D eigenvalue weighted by Gasteiger charge is -2.31. The maximum Gasteiger partial charge on any atom is 0.407 e. The molecule has 3 heterocycles. The van der Waals surface area contributed by atoms with E-state index in [9.17, 15) is 23.1 Å². The molecule has 0 radical (unpaired) electrons. The van der Waals surface area contributed by atoms with E-state index in [4.69, 9.17) is 18.9 Å². The molecule has 3 aromatic carbocycles. The summed E-state index contributed by atoms with van der Waals surface area (Å²) in [7, 11) is -2.61. The first-order valence-electron chi connectivity index (χ1n) is 16.8. The van der Waals surface area contributed by atoms with Crippen molar-refractivity contribution >= 4 is 39.4 Å². The Labute approximate surface area is 292 Å². The Morgan fingerprint density at radius 2 is 1.84 bits per heavy atom. The zero-order valence-corrected chi connectivity index (χ0v) is 29.1. The SMILES string of the molecule is COc1ccc(/C=C2\C(=O)Nc3ccc(S(=O)(=O)N(CC(C)C)C[C@@H](O)[C@H](Cc4ccccc4)NC(=O)O[C@H]4CO[C@H]5OCC[C@H]54)cc32)cc1. The largest absolute Gasteiger partial charge is 0.497 e. The Balaban J connectivity index is 1.24. The normalized spacial score (nSPS) is 21.9. The van der Waals surface area contributed by atoms with Crippen LogP contribution in [0.1, 0.15) is 37.0 Å². The highest BCUT2D eigenvalue weighted by molar-refractivity contribution is 7.89. The summed E-state index contributed by atoms with van der Waals surface area (Å²) in [5.74, 6) is 0.175. The Hall–Kier alpha value is -4.27. The molecule has 0 spiro atoms. The number of aliphatic hydroxyl groups is 1. The number of carbonyl (C=O) groups is 2. The molecule has 5 atom stereocenters. The average Bonchev–Trinajstić information content (AvgIpc) is 3.80. The number of nitrogens with one attached hydrogen (secondary N) is 2. The summed E-state index contributed by atoms with van der Waals surface area (Å²) in [5, 5.41) is 17.3. The van der Waals surface area contributed by atoms with Crippen LogP contribution >= 0.6 is 0 Å². The van der Waals surface area contributed by atoms with Crippen LogP contribution in [0.4, 0.5) is 10.5 Å². The molecular formula is C37H43N3O9S. The molecule has 2 amide bonds. The van der Waals surface area contributed by atoms with Crippen molar-refractivity contribution in [2.45, 2.75) is 56.1 Å². The average molecular weight is 706 g/mol. The van der Waals surface area contributed by atoms with E-state index in [0.29, 0.717) is 35.6 Å². The monoisotopic (exact) mass is 705 g/mol. The summed E-state index contributed by atoms with van der Waals surface area (Å²) in [6, 6.07) is 20.1.